The highest BCUT2D eigenvalue weighted by atomic mass is 127. The highest BCUT2D eigenvalue weighted by Gasteiger charge is 2.28. The summed E-state index contributed by atoms with van der Waals surface area (Å²) in [5.74, 6) is 0. The molecular weight excluding hydrogens is 473 g/mol. The smallest absolute Gasteiger partial charge is 0.321 e. The third-order valence-electron chi connectivity index (χ3n) is 5.31. The van der Waals surface area contributed by atoms with E-state index >= 15 is 0 Å². The Kier molecular flexibility index (Phi) is 6.46. The number of anilines is 1. The predicted molar refractivity (Wildman–Crippen MR) is 126 cm³/mol. The van der Waals surface area contributed by atoms with E-state index in [4.69, 9.17) is 0 Å². The Morgan fingerprint density at radius 2 is 1.28 bits per heavy atom. The minimum atomic E-state index is -0.0234. The Hall–Kier alpha value is -2.38. The van der Waals surface area contributed by atoms with Crippen LogP contribution >= 0.6 is 22.6 Å². The van der Waals surface area contributed by atoms with Crippen LogP contribution in [-0.4, -0.2) is 42.0 Å². The molecule has 4 nitrogen and oxygen atoms in total. The number of amides is 2. The predicted octanol–water partition coefficient (Wildman–Crippen LogP) is 5.23. The van der Waals surface area contributed by atoms with Gasteiger partial charge in [0, 0.05) is 29.7 Å². The fraction of sp³-hybridized carbons (Fsp3) is 0.208. The van der Waals surface area contributed by atoms with Crippen molar-refractivity contribution in [1.82, 2.24) is 9.80 Å². The molecule has 1 heterocycles. The van der Waals surface area contributed by atoms with Crippen molar-refractivity contribution in [3.8, 4) is 0 Å². The van der Waals surface area contributed by atoms with E-state index in [1.54, 1.807) is 0 Å². The van der Waals surface area contributed by atoms with E-state index in [0.29, 0.717) is 13.1 Å². The summed E-state index contributed by atoms with van der Waals surface area (Å²) < 4.78 is 1.05. The molecule has 0 radical (unpaired) electrons. The van der Waals surface area contributed by atoms with Crippen LogP contribution in [0.15, 0.2) is 84.9 Å². The summed E-state index contributed by atoms with van der Waals surface area (Å²) >= 11 is 2.25. The third kappa shape index (κ3) is 4.79. The second-order valence-corrected chi connectivity index (χ2v) is 8.32. The van der Waals surface area contributed by atoms with Crippen LogP contribution in [0.2, 0.25) is 0 Å². The van der Waals surface area contributed by atoms with Crippen LogP contribution in [0.1, 0.15) is 17.2 Å². The number of rotatable bonds is 4. The van der Waals surface area contributed by atoms with Crippen LogP contribution in [-0.2, 0) is 0 Å². The molecule has 3 aromatic rings. The zero-order valence-electron chi connectivity index (χ0n) is 16.2. The van der Waals surface area contributed by atoms with Crippen molar-refractivity contribution in [2.75, 3.05) is 31.5 Å². The first-order chi connectivity index (χ1) is 14.2. The lowest BCUT2D eigenvalue weighted by Gasteiger charge is -2.39. The van der Waals surface area contributed by atoms with Crippen LogP contribution < -0.4 is 5.32 Å². The van der Waals surface area contributed by atoms with Gasteiger partial charge in [-0.3, -0.25) is 4.90 Å². The number of para-hydroxylation sites is 1. The topological polar surface area (TPSA) is 35.6 Å². The number of carbonyl (C=O) groups is 1. The second kappa shape index (κ2) is 9.41. The number of piperazine rings is 1. The lowest BCUT2D eigenvalue weighted by Crippen LogP contribution is -2.51. The minimum Gasteiger partial charge on any atom is -0.322 e. The average Bonchev–Trinajstić information content (AvgIpc) is 2.77. The first-order valence-corrected chi connectivity index (χ1v) is 10.9. The molecule has 1 saturated heterocycles. The zero-order valence-corrected chi connectivity index (χ0v) is 18.3. The molecule has 1 aliphatic heterocycles. The number of nitrogens with zero attached hydrogens (tertiary/aromatic N) is 2. The summed E-state index contributed by atoms with van der Waals surface area (Å²) in [7, 11) is 0. The van der Waals surface area contributed by atoms with E-state index in [1.165, 1.54) is 11.1 Å². The minimum absolute atomic E-state index is 0.0234. The van der Waals surface area contributed by atoms with Crippen LogP contribution in [0.5, 0.6) is 0 Å². The number of halogens is 1. The number of urea groups is 1. The van der Waals surface area contributed by atoms with Crippen LogP contribution in [0.25, 0.3) is 0 Å². The van der Waals surface area contributed by atoms with Gasteiger partial charge < -0.3 is 10.2 Å². The molecule has 3 aromatic carbocycles. The fourth-order valence-electron chi connectivity index (χ4n) is 3.82. The normalized spacial score (nSPS) is 14.8. The molecule has 1 N–H and O–H groups in total. The van der Waals surface area contributed by atoms with Crippen molar-refractivity contribution >= 4 is 34.3 Å². The molecule has 0 aromatic heterocycles. The van der Waals surface area contributed by atoms with Crippen LogP contribution in [0.4, 0.5) is 10.5 Å². The molecule has 5 heteroatoms. The van der Waals surface area contributed by atoms with Gasteiger partial charge in [-0.05, 0) is 45.9 Å². The molecule has 0 atom stereocenters. The molecule has 148 valence electrons. The molecule has 0 bridgehead atoms. The van der Waals surface area contributed by atoms with Crippen molar-refractivity contribution in [2.24, 2.45) is 0 Å². The van der Waals surface area contributed by atoms with Crippen LogP contribution in [0, 0.1) is 3.57 Å². The van der Waals surface area contributed by atoms with E-state index < -0.39 is 0 Å². The lowest BCUT2D eigenvalue weighted by atomic mass is 9.96. The third-order valence-corrected chi connectivity index (χ3v) is 6.25. The second-order valence-electron chi connectivity index (χ2n) is 7.16. The molecule has 4 rings (SSSR count). The van der Waals surface area contributed by atoms with E-state index in [-0.39, 0.29) is 12.1 Å². The van der Waals surface area contributed by atoms with Gasteiger partial charge in [-0.1, -0.05) is 72.8 Å². The van der Waals surface area contributed by atoms with Gasteiger partial charge in [0.2, 0.25) is 0 Å². The molecule has 1 aliphatic rings. The van der Waals surface area contributed by atoms with Crippen molar-refractivity contribution < 1.29 is 4.79 Å². The fourth-order valence-corrected chi connectivity index (χ4v) is 4.35. The highest BCUT2D eigenvalue weighted by molar-refractivity contribution is 14.1. The summed E-state index contributed by atoms with van der Waals surface area (Å²) in [6.07, 6.45) is 0. The first-order valence-electron chi connectivity index (χ1n) is 9.87. The Balaban J connectivity index is 1.46. The maximum atomic E-state index is 12.7. The molecule has 1 fully saturated rings. The van der Waals surface area contributed by atoms with Gasteiger partial charge in [-0.25, -0.2) is 4.79 Å². The van der Waals surface area contributed by atoms with Crippen molar-refractivity contribution in [3.05, 3.63) is 99.6 Å². The number of hydrogen-bond donors (Lipinski definition) is 1. The van der Waals surface area contributed by atoms with E-state index in [9.17, 15) is 4.79 Å². The van der Waals surface area contributed by atoms with E-state index in [2.05, 4.69) is 93.5 Å². The number of carbonyl (C=O) groups excluding carboxylic acids is 1. The van der Waals surface area contributed by atoms with Gasteiger partial charge in [-0.2, -0.15) is 0 Å². The Labute approximate surface area is 185 Å². The van der Waals surface area contributed by atoms with Gasteiger partial charge in [0.1, 0.15) is 0 Å². The molecule has 0 spiro atoms. The maximum Gasteiger partial charge on any atom is 0.321 e. The van der Waals surface area contributed by atoms with E-state index in [0.717, 1.165) is 22.3 Å². The van der Waals surface area contributed by atoms with Crippen LogP contribution in [0.3, 0.4) is 0 Å². The quantitative estimate of drug-likeness (QED) is 0.502. The summed E-state index contributed by atoms with van der Waals surface area (Å²) in [5, 5.41) is 3.05. The zero-order chi connectivity index (χ0) is 20.1. The molecule has 0 unspecified atom stereocenters. The lowest BCUT2D eigenvalue weighted by molar-refractivity contribution is 0.126. The maximum absolute atomic E-state index is 12.7. The van der Waals surface area contributed by atoms with Gasteiger partial charge in [0.15, 0.2) is 0 Å². The van der Waals surface area contributed by atoms with E-state index in [1.807, 2.05) is 29.2 Å². The molecule has 29 heavy (non-hydrogen) atoms. The molecular formula is C24H24IN3O. The summed E-state index contributed by atoms with van der Waals surface area (Å²) in [5.41, 5.74) is 3.44. The Morgan fingerprint density at radius 1 is 0.759 bits per heavy atom. The SMILES string of the molecule is O=C(Nc1ccccc1I)N1CCN(C(c2ccccc2)c2ccccc2)CC1. The molecule has 0 aliphatic carbocycles. The van der Waals surface area contributed by atoms with Gasteiger partial charge >= 0.3 is 6.03 Å². The number of nitrogens with one attached hydrogen (secondary N) is 1. The van der Waals surface area contributed by atoms with Crippen molar-refractivity contribution in [3.63, 3.8) is 0 Å². The van der Waals surface area contributed by atoms with Gasteiger partial charge in [0.25, 0.3) is 0 Å². The summed E-state index contributed by atoms with van der Waals surface area (Å²) in [6.45, 7) is 3.11. The largest absolute Gasteiger partial charge is 0.322 e. The molecule has 0 saturated carbocycles. The summed E-state index contributed by atoms with van der Waals surface area (Å²) in [4.78, 5) is 17.1. The first kappa shape index (κ1) is 19.9. The monoisotopic (exact) mass is 497 g/mol. The van der Waals surface area contributed by atoms with Crippen molar-refractivity contribution in [2.45, 2.75) is 6.04 Å². The van der Waals surface area contributed by atoms with Crippen molar-refractivity contribution in [1.29, 1.82) is 0 Å². The average molecular weight is 497 g/mol. The standard InChI is InChI=1S/C24H24IN3O/c25-21-13-7-8-14-22(21)26-24(29)28-17-15-27(16-18-28)23(19-9-3-1-4-10-19)20-11-5-2-6-12-20/h1-14,23H,15-18H2,(H,26,29). The highest BCUT2D eigenvalue weighted by Crippen LogP contribution is 2.29. The Morgan fingerprint density at radius 3 is 1.83 bits per heavy atom. The number of benzene rings is 3. The number of hydrogen-bond acceptors (Lipinski definition) is 2. The van der Waals surface area contributed by atoms with Gasteiger partial charge in [-0.15, -0.1) is 0 Å². The Bertz CT molecular complexity index is 901. The van der Waals surface area contributed by atoms with Gasteiger partial charge in [0.05, 0.1) is 11.7 Å². The molecule has 2 amide bonds. The summed E-state index contributed by atoms with van der Waals surface area (Å²) in [6, 6.07) is 29.3.